The van der Waals surface area contributed by atoms with Gasteiger partial charge >= 0.3 is 0 Å². The summed E-state index contributed by atoms with van der Waals surface area (Å²) >= 11 is 1.67. The molecular formula is C28H26N4O2S. The molecule has 0 radical (unpaired) electrons. The van der Waals surface area contributed by atoms with E-state index in [9.17, 15) is 4.79 Å². The standard InChI is InChI=1S/C28H26N4O2S/c1-34-25-12-9-18(15-30-25)14-29-21-10-11-23-24(13-21)35-27-26(23)28(33)32(17-31-27)16-20-7-4-6-19-5-2-3-8-22(19)20/h2-9,12,15,17,21,29H,10-11,13-14,16H2,1H3. The van der Waals surface area contributed by atoms with Crippen LogP contribution in [-0.4, -0.2) is 27.7 Å². The minimum atomic E-state index is 0.0659. The molecule has 2 aromatic carbocycles. The molecule has 0 bridgehead atoms. The number of nitrogens with zero attached hydrogens (tertiary/aromatic N) is 3. The summed E-state index contributed by atoms with van der Waals surface area (Å²) in [7, 11) is 1.62. The first-order valence-electron chi connectivity index (χ1n) is 11.9. The maximum atomic E-state index is 13.5. The summed E-state index contributed by atoms with van der Waals surface area (Å²) in [6.07, 6.45) is 6.37. The van der Waals surface area contributed by atoms with Crippen molar-refractivity contribution >= 4 is 32.3 Å². The molecule has 7 heteroatoms. The van der Waals surface area contributed by atoms with Gasteiger partial charge in [0, 0.05) is 29.7 Å². The fraction of sp³-hybridized carbons (Fsp3) is 0.250. The Hall–Kier alpha value is -3.55. The molecule has 176 valence electrons. The zero-order chi connectivity index (χ0) is 23.8. The molecule has 1 unspecified atom stereocenters. The molecular weight excluding hydrogens is 456 g/mol. The van der Waals surface area contributed by atoms with Crippen molar-refractivity contribution in [1.82, 2.24) is 19.9 Å². The summed E-state index contributed by atoms with van der Waals surface area (Å²) in [5.41, 5.74) is 3.52. The number of fused-ring (bicyclic) bond motifs is 4. The average Bonchev–Trinajstić information content (AvgIpc) is 3.28. The first kappa shape index (κ1) is 21.9. The van der Waals surface area contributed by atoms with Crippen LogP contribution in [0.4, 0.5) is 0 Å². The molecule has 5 aromatic rings. The predicted octanol–water partition coefficient (Wildman–Crippen LogP) is 4.71. The number of aryl methyl sites for hydroxylation is 1. The van der Waals surface area contributed by atoms with Crippen LogP contribution in [-0.2, 0) is 25.9 Å². The van der Waals surface area contributed by atoms with Crippen molar-refractivity contribution in [3.05, 3.63) is 99.0 Å². The molecule has 3 aromatic heterocycles. The first-order chi connectivity index (χ1) is 17.2. The highest BCUT2D eigenvalue weighted by Gasteiger charge is 2.25. The van der Waals surface area contributed by atoms with Crippen molar-refractivity contribution in [3.63, 3.8) is 0 Å². The quantitative estimate of drug-likeness (QED) is 0.380. The van der Waals surface area contributed by atoms with Crippen LogP contribution in [0.15, 0.2) is 71.9 Å². The lowest BCUT2D eigenvalue weighted by Gasteiger charge is -2.23. The molecule has 1 atom stereocenters. The Kier molecular flexibility index (Phi) is 5.80. The largest absolute Gasteiger partial charge is 0.481 e. The molecule has 0 spiro atoms. The second-order valence-electron chi connectivity index (χ2n) is 9.03. The highest BCUT2D eigenvalue weighted by Crippen LogP contribution is 2.34. The number of nitrogens with one attached hydrogen (secondary N) is 1. The number of ether oxygens (including phenoxy) is 1. The summed E-state index contributed by atoms with van der Waals surface area (Å²) in [5.74, 6) is 0.625. The van der Waals surface area contributed by atoms with Gasteiger partial charge < -0.3 is 10.1 Å². The van der Waals surface area contributed by atoms with Crippen LogP contribution in [0.25, 0.3) is 21.0 Å². The Morgan fingerprint density at radius 3 is 2.86 bits per heavy atom. The fourth-order valence-corrected chi connectivity index (χ4v) is 6.26. The lowest BCUT2D eigenvalue weighted by molar-refractivity contribution is 0.397. The topological polar surface area (TPSA) is 69.0 Å². The van der Waals surface area contributed by atoms with Crippen LogP contribution in [0.1, 0.15) is 28.0 Å². The van der Waals surface area contributed by atoms with Crippen molar-refractivity contribution in [2.24, 2.45) is 0 Å². The Morgan fingerprint density at radius 2 is 2.00 bits per heavy atom. The van der Waals surface area contributed by atoms with E-state index in [-0.39, 0.29) is 5.56 Å². The van der Waals surface area contributed by atoms with Crippen molar-refractivity contribution in [3.8, 4) is 5.88 Å². The van der Waals surface area contributed by atoms with E-state index < -0.39 is 0 Å². The third-order valence-corrected chi connectivity index (χ3v) is 8.02. The lowest BCUT2D eigenvalue weighted by Crippen LogP contribution is -2.33. The summed E-state index contributed by atoms with van der Waals surface area (Å²) in [5, 5.41) is 6.83. The van der Waals surface area contributed by atoms with Gasteiger partial charge in [-0.2, -0.15) is 0 Å². The molecule has 0 amide bonds. The maximum Gasteiger partial charge on any atom is 0.262 e. The van der Waals surface area contributed by atoms with Gasteiger partial charge in [0.2, 0.25) is 5.88 Å². The highest BCUT2D eigenvalue weighted by atomic mass is 32.1. The van der Waals surface area contributed by atoms with Crippen molar-refractivity contribution < 1.29 is 4.74 Å². The highest BCUT2D eigenvalue weighted by molar-refractivity contribution is 7.18. The number of pyridine rings is 1. The summed E-state index contributed by atoms with van der Waals surface area (Å²) in [6.45, 7) is 1.28. The second-order valence-corrected chi connectivity index (χ2v) is 10.1. The number of methoxy groups -OCH3 is 1. The van der Waals surface area contributed by atoms with Crippen LogP contribution >= 0.6 is 11.3 Å². The van der Waals surface area contributed by atoms with Crippen molar-refractivity contribution in [2.75, 3.05) is 7.11 Å². The van der Waals surface area contributed by atoms with Gasteiger partial charge in [-0.3, -0.25) is 9.36 Å². The van der Waals surface area contributed by atoms with E-state index in [2.05, 4.69) is 40.6 Å². The average molecular weight is 483 g/mol. The van der Waals surface area contributed by atoms with Gasteiger partial charge in [0.25, 0.3) is 5.56 Å². The molecule has 6 rings (SSSR count). The van der Waals surface area contributed by atoms with E-state index in [4.69, 9.17) is 9.72 Å². The van der Waals surface area contributed by atoms with Crippen LogP contribution < -0.4 is 15.6 Å². The third kappa shape index (κ3) is 4.22. The van der Waals surface area contributed by atoms with E-state index >= 15 is 0 Å². The van der Waals surface area contributed by atoms with Gasteiger partial charge in [-0.25, -0.2) is 9.97 Å². The van der Waals surface area contributed by atoms with Gasteiger partial charge in [-0.1, -0.05) is 48.5 Å². The van der Waals surface area contributed by atoms with Crippen molar-refractivity contribution in [2.45, 2.75) is 38.4 Å². The predicted molar refractivity (Wildman–Crippen MR) is 140 cm³/mol. The summed E-state index contributed by atoms with van der Waals surface area (Å²) in [4.78, 5) is 24.7. The fourth-order valence-electron chi connectivity index (χ4n) is 5.00. The van der Waals surface area contributed by atoms with Crippen LogP contribution in [0.3, 0.4) is 0 Å². The van der Waals surface area contributed by atoms with Gasteiger partial charge in [0.15, 0.2) is 0 Å². The maximum absolute atomic E-state index is 13.5. The molecule has 3 heterocycles. The van der Waals surface area contributed by atoms with E-state index in [1.54, 1.807) is 29.3 Å². The van der Waals surface area contributed by atoms with Gasteiger partial charge in [-0.05, 0) is 46.7 Å². The molecule has 0 saturated carbocycles. The van der Waals surface area contributed by atoms with Crippen molar-refractivity contribution in [1.29, 1.82) is 0 Å². The number of thiophene rings is 1. The smallest absolute Gasteiger partial charge is 0.262 e. The number of hydrogen-bond donors (Lipinski definition) is 1. The van der Waals surface area contributed by atoms with Gasteiger partial charge in [0.1, 0.15) is 4.83 Å². The Labute approximate surface area is 207 Å². The molecule has 1 aliphatic rings. The first-order valence-corrected chi connectivity index (χ1v) is 12.7. The second kappa shape index (κ2) is 9.24. The molecule has 1 N–H and O–H groups in total. The van der Waals surface area contributed by atoms with E-state index in [0.29, 0.717) is 18.5 Å². The Morgan fingerprint density at radius 1 is 1.11 bits per heavy atom. The van der Waals surface area contributed by atoms with Gasteiger partial charge in [0.05, 0.1) is 25.4 Å². The minimum absolute atomic E-state index is 0.0659. The third-order valence-electron chi connectivity index (χ3n) is 6.86. The van der Waals surface area contributed by atoms with E-state index in [0.717, 1.165) is 47.2 Å². The molecule has 35 heavy (non-hydrogen) atoms. The zero-order valence-corrected chi connectivity index (χ0v) is 20.3. The zero-order valence-electron chi connectivity index (χ0n) is 19.5. The van der Waals surface area contributed by atoms with E-state index in [1.807, 2.05) is 30.5 Å². The van der Waals surface area contributed by atoms with Crippen LogP contribution in [0, 0.1) is 0 Å². The number of benzene rings is 2. The van der Waals surface area contributed by atoms with Gasteiger partial charge in [-0.15, -0.1) is 11.3 Å². The molecule has 0 aliphatic heterocycles. The molecule has 0 fully saturated rings. The molecule has 1 aliphatic carbocycles. The normalized spacial score (nSPS) is 15.4. The number of rotatable bonds is 6. The van der Waals surface area contributed by atoms with E-state index in [1.165, 1.54) is 21.2 Å². The molecule has 0 saturated heterocycles. The Bertz CT molecular complexity index is 1570. The number of aromatic nitrogens is 3. The summed E-state index contributed by atoms with van der Waals surface area (Å²) in [6, 6.07) is 18.8. The minimum Gasteiger partial charge on any atom is -0.481 e. The number of hydrogen-bond acceptors (Lipinski definition) is 6. The Balaban J connectivity index is 1.23. The van der Waals surface area contributed by atoms with Crippen LogP contribution in [0.5, 0.6) is 5.88 Å². The van der Waals surface area contributed by atoms with Crippen LogP contribution in [0.2, 0.25) is 0 Å². The molecule has 6 nitrogen and oxygen atoms in total. The monoisotopic (exact) mass is 482 g/mol. The SMILES string of the molecule is COc1ccc(CNC2CCc3c(sc4ncn(Cc5cccc6ccccc56)c(=O)c34)C2)cn1. The lowest BCUT2D eigenvalue weighted by atomic mass is 9.93. The summed E-state index contributed by atoms with van der Waals surface area (Å²) < 4.78 is 6.90.